The summed E-state index contributed by atoms with van der Waals surface area (Å²) in [5, 5.41) is 0. The van der Waals surface area contributed by atoms with Crippen LogP contribution in [0.25, 0.3) is 22.5 Å². The molecule has 6 rings (SSSR count). The fourth-order valence-corrected chi connectivity index (χ4v) is 6.22. The van der Waals surface area contributed by atoms with E-state index in [4.69, 9.17) is 19.4 Å². The van der Waals surface area contributed by atoms with Gasteiger partial charge in [-0.1, -0.05) is 161 Å². The quantitative estimate of drug-likeness (QED) is 0.0926. The van der Waals surface area contributed by atoms with Crippen LogP contribution in [-0.4, -0.2) is 23.7 Å². The van der Waals surface area contributed by atoms with E-state index in [9.17, 15) is 0 Å². The van der Waals surface area contributed by atoms with E-state index in [-0.39, 0.29) is 12.2 Å². The Balaban J connectivity index is 0.000000205. The number of benzene rings is 3. The maximum Gasteiger partial charge on any atom is 0.103 e. The van der Waals surface area contributed by atoms with E-state index in [1.807, 2.05) is 37.4 Å². The van der Waals surface area contributed by atoms with E-state index >= 15 is 0 Å². The smallest absolute Gasteiger partial charge is 0.103 e. The minimum absolute atomic E-state index is 0.0161. The van der Waals surface area contributed by atoms with Gasteiger partial charge in [0.1, 0.15) is 12.2 Å². The van der Waals surface area contributed by atoms with E-state index in [0.717, 1.165) is 59.8 Å². The average molecular weight is 667 g/mol. The van der Waals surface area contributed by atoms with Crippen molar-refractivity contribution < 1.29 is 9.47 Å². The second kappa shape index (κ2) is 22.2. The van der Waals surface area contributed by atoms with Crippen LogP contribution in [0, 0.1) is 5.92 Å². The van der Waals surface area contributed by atoms with E-state index in [1.54, 1.807) is 12.2 Å². The molecular weight excluding hydrogens is 613 g/mol. The fourth-order valence-electron chi connectivity index (χ4n) is 6.22. The molecule has 2 heterocycles. The number of aromatic nitrogens is 2. The zero-order valence-electron chi connectivity index (χ0n) is 30.0. The molecule has 4 nitrogen and oxygen atoms in total. The number of nitrogens with zero attached hydrogens (tertiary/aromatic N) is 2. The Morgan fingerprint density at radius 2 is 1.18 bits per heavy atom. The standard InChI is InChI=1S/C23H25NO.C19H23NO.C4H6/c1-2-3-17-25-23(18-19-11-6-4-7-12-19)22-16-10-15-21(24-22)20-13-8-5-9-14-20;1-21-19(16-11-6-3-7-12-16)18-14-8-13-17(20-18)15-9-4-2-5-10-15;1-3-4-2/h4-16,23H,2-3,17-18H2,1H3;2,4-5,8-10,13-14,16,19H,3,6-7,11-12H2,1H3;3-4H,1-2H2. The summed E-state index contributed by atoms with van der Waals surface area (Å²) in [4.78, 5) is 9.76. The molecule has 0 radical (unpaired) electrons. The van der Waals surface area contributed by atoms with Crippen LogP contribution in [0.3, 0.4) is 0 Å². The predicted molar refractivity (Wildman–Crippen MR) is 210 cm³/mol. The monoisotopic (exact) mass is 666 g/mol. The van der Waals surface area contributed by atoms with Gasteiger partial charge in [-0.05, 0) is 55.0 Å². The van der Waals surface area contributed by atoms with Crippen molar-refractivity contribution in [3.05, 3.63) is 170 Å². The van der Waals surface area contributed by atoms with Crippen LogP contribution in [0.5, 0.6) is 0 Å². The fraction of sp³-hybridized carbons (Fsp3) is 0.304. The van der Waals surface area contributed by atoms with Crippen molar-refractivity contribution in [3.63, 3.8) is 0 Å². The molecule has 1 saturated carbocycles. The highest BCUT2D eigenvalue weighted by Gasteiger charge is 2.26. The number of hydrogen-bond acceptors (Lipinski definition) is 4. The summed E-state index contributed by atoms with van der Waals surface area (Å²) in [6.45, 7) is 9.68. The van der Waals surface area contributed by atoms with Crippen LogP contribution in [0.15, 0.2) is 153 Å². The molecule has 2 unspecified atom stereocenters. The van der Waals surface area contributed by atoms with E-state index in [1.165, 1.54) is 37.7 Å². The number of hydrogen-bond donors (Lipinski definition) is 0. The van der Waals surface area contributed by atoms with Crippen molar-refractivity contribution in [2.75, 3.05) is 13.7 Å². The van der Waals surface area contributed by atoms with Gasteiger partial charge in [0.25, 0.3) is 0 Å². The van der Waals surface area contributed by atoms with Gasteiger partial charge in [-0.25, -0.2) is 0 Å². The highest BCUT2D eigenvalue weighted by atomic mass is 16.5. The summed E-state index contributed by atoms with van der Waals surface area (Å²) in [5.74, 6) is 0.613. The summed E-state index contributed by atoms with van der Waals surface area (Å²) >= 11 is 0. The number of pyridine rings is 2. The second-order valence-corrected chi connectivity index (χ2v) is 12.6. The molecular formula is C46H54N2O2. The Kier molecular flexibility index (Phi) is 16.9. The number of unbranched alkanes of at least 4 members (excludes halogenated alkanes) is 1. The van der Waals surface area contributed by atoms with Crippen molar-refractivity contribution in [1.82, 2.24) is 9.97 Å². The normalized spacial score (nSPS) is 13.8. The lowest BCUT2D eigenvalue weighted by Crippen LogP contribution is -2.19. The minimum atomic E-state index is -0.0161. The molecule has 0 spiro atoms. The van der Waals surface area contributed by atoms with Crippen molar-refractivity contribution in [3.8, 4) is 22.5 Å². The summed E-state index contributed by atoms with van der Waals surface area (Å²) in [6.07, 6.45) is 13.0. The Morgan fingerprint density at radius 3 is 1.70 bits per heavy atom. The summed E-state index contributed by atoms with van der Waals surface area (Å²) in [5.41, 5.74) is 7.68. The van der Waals surface area contributed by atoms with Gasteiger partial charge in [0.2, 0.25) is 0 Å². The number of methoxy groups -OCH3 is 1. The van der Waals surface area contributed by atoms with Crippen LogP contribution < -0.4 is 0 Å². The molecule has 2 aromatic heterocycles. The lowest BCUT2D eigenvalue weighted by Gasteiger charge is -2.29. The Labute approximate surface area is 301 Å². The highest BCUT2D eigenvalue weighted by Crippen LogP contribution is 2.36. The Hall–Kier alpha value is -4.64. The van der Waals surface area contributed by atoms with E-state index < -0.39 is 0 Å². The van der Waals surface area contributed by atoms with Crippen LogP contribution in [-0.2, 0) is 15.9 Å². The third-order valence-corrected chi connectivity index (χ3v) is 8.88. The van der Waals surface area contributed by atoms with Crippen LogP contribution >= 0.6 is 0 Å². The Morgan fingerprint density at radius 1 is 0.660 bits per heavy atom. The third kappa shape index (κ3) is 12.4. The maximum absolute atomic E-state index is 6.20. The molecule has 2 atom stereocenters. The molecule has 1 aliphatic rings. The van der Waals surface area contributed by atoms with Crippen molar-refractivity contribution >= 4 is 0 Å². The molecule has 0 N–H and O–H groups in total. The predicted octanol–water partition coefficient (Wildman–Crippen LogP) is 12.2. The zero-order chi connectivity index (χ0) is 35.2. The van der Waals surface area contributed by atoms with Gasteiger partial charge in [0, 0.05) is 31.3 Å². The first-order valence-electron chi connectivity index (χ1n) is 18.1. The first-order valence-corrected chi connectivity index (χ1v) is 18.1. The van der Waals surface area contributed by atoms with Crippen molar-refractivity contribution in [2.24, 2.45) is 5.92 Å². The number of ether oxygens (including phenoxy) is 2. The van der Waals surface area contributed by atoms with E-state index in [0.29, 0.717) is 5.92 Å². The topological polar surface area (TPSA) is 44.2 Å². The molecule has 5 aromatic rings. The maximum atomic E-state index is 6.20. The van der Waals surface area contributed by atoms with Crippen molar-refractivity contribution in [1.29, 1.82) is 0 Å². The summed E-state index contributed by atoms with van der Waals surface area (Å²) < 4.78 is 12.0. The first-order chi connectivity index (χ1) is 24.7. The molecule has 1 aliphatic carbocycles. The largest absolute Gasteiger partial charge is 0.375 e. The van der Waals surface area contributed by atoms with Crippen LogP contribution in [0.4, 0.5) is 0 Å². The summed E-state index contributed by atoms with van der Waals surface area (Å²) in [7, 11) is 1.82. The van der Waals surface area contributed by atoms with E-state index in [2.05, 4.69) is 117 Å². The lowest BCUT2D eigenvalue weighted by atomic mass is 9.84. The third-order valence-electron chi connectivity index (χ3n) is 8.88. The average Bonchev–Trinajstić information content (AvgIpc) is 3.20. The molecule has 1 fully saturated rings. The molecule has 0 amide bonds. The van der Waals surface area contributed by atoms with Gasteiger partial charge >= 0.3 is 0 Å². The number of allylic oxidation sites excluding steroid dienone is 2. The lowest BCUT2D eigenvalue weighted by molar-refractivity contribution is 0.0324. The Bertz CT molecular complexity index is 1640. The van der Waals surface area contributed by atoms with Gasteiger partial charge in [-0.3, -0.25) is 9.97 Å². The SMILES string of the molecule is C=CC=C.CCCCOC(Cc1ccccc1)c1cccc(-c2ccccc2)n1.COC(c1cccc(-c2ccccc2)n1)C1CCCCC1. The van der Waals surface area contributed by atoms with Gasteiger partial charge < -0.3 is 9.47 Å². The molecule has 260 valence electrons. The molecule has 4 heteroatoms. The van der Waals surface area contributed by atoms with Gasteiger partial charge in [-0.2, -0.15) is 0 Å². The van der Waals surface area contributed by atoms with Gasteiger partial charge in [0.05, 0.1) is 22.8 Å². The second-order valence-electron chi connectivity index (χ2n) is 12.6. The number of rotatable bonds is 13. The molecule has 3 aromatic carbocycles. The van der Waals surface area contributed by atoms with Gasteiger partial charge in [0.15, 0.2) is 0 Å². The first kappa shape index (κ1) is 38.2. The molecule has 50 heavy (non-hydrogen) atoms. The van der Waals surface area contributed by atoms with Crippen molar-refractivity contribution in [2.45, 2.75) is 70.5 Å². The highest BCUT2D eigenvalue weighted by molar-refractivity contribution is 5.59. The zero-order valence-corrected chi connectivity index (χ0v) is 30.0. The molecule has 0 saturated heterocycles. The van der Waals surface area contributed by atoms with Crippen LogP contribution in [0.2, 0.25) is 0 Å². The molecule has 0 bridgehead atoms. The minimum Gasteiger partial charge on any atom is -0.375 e. The van der Waals surface area contributed by atoms with Crippen LogP contribution in [0.1, 0.15) is 81.0 Å². The summed E-state index contributed by atoms with van der Waals surface area (Å²) in [6, 6.07) is 43.6. The van der Waals surface area contributed by atoms with Gasteiger partial charge in [-0.15, -0.1) is 0 Å². The molecule has 0 aliphatic heterocycles.